The number of hydrogen-bond acceptors (Lipinski definition) is 2. The molecule has 0 aromatic carbocycles. The third-order valence-electron chi connectivity index (χ3n) is 2.17. The second kappa shape index (κ2) is 6.24. The Balaban J connectivity index is 2.31. The van der Waals surface area contributed by atoms with Crippen LogP contribution >= 0.6 is 0 Å². The maximum atomic E-state index is 10.8. The molecule has 0 bridgehead atoms. The van der Waals surface area contributed by atoms with Gasteiger partial charge in [-0.3, -0.25) is 0 Å². The van der Waals surface area contributed by atoms with E-state index in [2.05, 4.69) is 6.92 Å². The van der Waals surface area contributed by atoms with Crippen LogP contribution in [0.4, 0.5) is 0 Å². The van der Waals surface area contributed by atoms with Gasteiger partial charge in [0, 0.05) is 19.3 Å². The Bertz CT molecular complexity index is 307. The number of carboxylic acids is 1. The molecule has 0 aliphatic rings. The molecule has 0 aliphatic heterocycles. The van der Waals surface area contributed by atoms with Crippen molar-refractivity contribution in [2.45, 2.75) is 26.3 Å². The van der Waals surface area contributed by atoms with Crippen molar-refractivity contribution >= 4 is 5.97 Å². The molecule has 1 N–H and O–H groups in total. The number of carbonyl (C=O) groups is 1. The predicted molar refractivity (Wildman–Crippen MR) is 57.1 cm³/mol. The maximum absolute atomic E-state index is 10.8. The molecule has 1 aromatic rings. The molecule has 0 fully saturated rings. The van der Waals surface area contributed by atoms with E-state index in [1.807, 2.05) is 0 Å². The van der Waals surface area contributed by atoms with Crippen molar-refractivity contribution in [1.29, 1.82) is 0 Å². The fraction of sp³-hybridized carbons (Fsp3) is 0.545. The summed E-state index contributed by atoms with van der Waals surface area (Å²) in [5.74, 6) is -0.895. The summed E-state index contributed by atoms with van der Waals surface area (Å²) in [6, 6.07) is 3.32. The lowest BCUT2D eigenvalue weighted by molar-refractivity contribution is 0.0680. The lowest BCUT2D eigenvalue weighted by Gasteiger charge is -2.06. The Morgan fingerprint density at radius 3 is 3.00 bits per heavy atom. The van der Waals surface area contributed by atoms with Gasteiger partial charge in [-0.1, -0.05) is 13.3 Å². The standard InChI is InChI=1S/C11H17NO3/c1-2-3-8-15-9-7-12-6-4-5-10(12)11(13)14/h4-6H,2-3,7-9H2,1H3,(H,13,14). The van der Waals surface area contributed by atoms with Crippen molar-refractivity contribution in [3.05, 3.63) is 24.0 Å². The molecule has 0 aliphatic carbocycles. The minimum absolute atomic E-state index is 0.314. The predicted octanol–water partition coefficient (Wildman–Crippen LogP) is 2.00. The highest BCUT2D eigenvalue weighted by molar-refractivity contribution is 5.85. The number of aromatic nitrogens is 1. The van der Waals surface area contributed by atoms with E-state index in [1.54, 1.807) is 22.9 Å². The fourth-order valence-electron chi connectivity index (χ4n) is 1.31. The number of ether oxygens (including phenoxy) is 1. The number of hydrogen-bond donors (Lipinski definition) is 1. The first-order valence-corrected chi connectivity index (χ1v) is 5.22. The average molecular weight is 211 g/mol. The van der Waals surface area contributed by atoms with Gasteiger partial charge in [0.25, 0.3) is 0 Å². The average Bonchev–Trinajstić information content (AvgIpc) is 2.66. The molecule has 1 aromatic heterocycles. The summed E-state index contributed by atoms with van der Waals surface area (Å²) in [6.07, 6.45) is 3.92. The van der Waals surface area contributed by atoms with Crippen LogP contribution in [0.25, 0.3) is 0 Å². The zero-order chi connectivity index (χ0) is 11.1. The summed E-state index contributed by atoms with van der Waals surface area (Å²) in [7, 11) is 0. The van der Waals surface area contributed by atoms with Crippen molar-refractivity contribution < 1.29 is 14.6 Å². The van der Waals surface area contributed by atoms with E-state index in [0.29, 0.717) is 18.8 Å². The van der Waals surface area contributed by atoms with Crippen LogP contribution in [0.2, 0.25) is 0 Å². The molecule has 0 saturated carbocycles. The lowest BCUT2D eigenvalue weighted by Crippen LogP contribution is -2.11. The normalized spacial score (nSPS) is 10.5. The first-order valence-electron chi connectivity index (χ1n) is 5.22. The Morgan fingerprint density at radius 2 is 2.33 bits per heavy atom. The third kappa shape index (κ3) is 3.75. The Hall–Kier alpha value is -1.29. The molecule has 84 valence electrons. The molecular weight excluding hydrogens is 194 g/mol. The fourth-order valence-corrected chi connectivity index (χ4v) is 1.31. The second-order valence-corrected chi connectivity index (χ2v) is 3.36. The highest BCUT2D eigenvalue weighted by Crippen LogP contribution is 2.02. The Labute approximate surface area is 89.5 Å². The zero-order valence-corrected chi connectivity index (χ0v) is 8.98. The number of aromatic carboxylic acids is 1. The van der Waals surface area contributed by atoms with Crippen LogP contribution in [0, 0.1) is 0 Å². The summed E-state index contributed by atoms with van der Waals surface area (Å²) < 4.78 is 7.06. The first-order chi connectivity index (χ1) is 7.25. The van der Waals surface area contributed by atoms with Crippen LogP contribution in [-0.2, 0) is 11.3 Å². The highest BCUT2D eigenvalue weighted by atomic mass is 16.5. The number of unbranched alkanes of at least 4 members (excludes halogenated alkanes) is 1. The quantitative estimate of drug-likeness (QED) is 0.702. The molecule has 0 atom stereocenters. The number of carboxylic acid groups (broad SMARTS) is 1. The van der Waals surface area contributed by atoms with E-state index in [-0.39, 0.29) is 0 Å². The van der Waals surface area contributed by atoms with Gasteiger partial charge in [-0.25, -0.2) is 4.79 Å². The van der Waals surface area contributed by atoms with Crippen LogP contribution in [0.3, 0.4) is 0 Å². The summed E-state index contributed by atoms with van der Waals surface area (Å²) in [5.41, 5.74) is 0.314. The summed E-state index contributed by atoms with van der Waals surface area (Å²) in [6.45, 7) is 4.02. The minimum atomic E-state index is -0.895. The minimum Gasteiger partial charge on any atom is -0.477 e. The van der Waals surface area contributed by atoms with Crippen molar-refractivity contribution in [2.75, 3.05) is 13.2 Å². The molecule has 0 saturated heterocycles. The summed E-state index contributed by atoms with van der Waals surface area (Å²) >= 11 is 0. The van der Waals surface area contributed by atoms with Crippen LogP contribution in [0.15, 0.2) is 18.3 Å². The largest absolute Gasteiger partial charge is 0.477 e. The van der Waals surface area contributed by atoms with Gasteiger partial charge in [-0.2, -0.15) is 0 Å². The van der Waals surface area contributed by atoms with Crippen molar-refractivity contribution in [1.82, 2.24) is 4.57 Å². The number of rotatable bonds is 7. The molecule has 1 rings (SSSR count). The van der Waals surface area contributed by atoms with E-state index >= 15 is 0 Å². The van der Waals surface area contributed by atoms with Gasteiger partial charge in [-0.05, 0) is 18.6 Å². The smallest absolute Gasteiger partial charge is 0.352 e. The van der Waals surface area contributed by atoms with Gasteiger partial charge in [0.15, 0.2) is 0 Å². The first kappa shape index (κ1) is 11.8. The summed E-state index contributed by atoms with van der Waals surface area (Å²) in [5, 5.41) is 8.83. The number of nitrogens with zero attached hydrogens (tertiary/aromatic N) is 1. The van der Waals surface area contributed by atoms with Crippen LogP contribution in [0.1, 0.15) is 30.3 Å². The maximum Gasteiger partial charge on any atom is 0.352 e. The highest BCUT2D eigenvalue weighted by Gasteiger charge is 2.07. The molecule has 0 spiro atoms. The third-order valence-corrected chi connectivity index (χ3v) is 2.17. The molecule has 4 nitrogen and oxygen atoms in total. The topological polar surface area (TPSA) is 51.5 Å². The van der Waals surface area contributed by atoms with Crippen LogP contribution in [-0.4, -0.2) is 28.9 Å². The molecule has 15 heavy (non-hydrogen) atoms. The second-order valence-electron chi connectivity index (χ2n) is 3.36. The molecule has 4 heteroatoms. The van der Waals surface area contributed by atoms with E-state index in [4.69, 9.17) is 9.84 Å². The van der Waals surface area contributed by atoms with Gasteiger partial charge in [0.05, 0.1) is 6.61 Å². The monoisotopic (exact) mass is 211 g/mol. The molecule has 1 heterocycles. The van der Waals surface area contributed by atoms with E-state index in [9.17, 15) is 4.79 Å². The van der Waals surface area contributed by atoms with Gasteiger partial charge in [0.2, 0.25) is 0 Å². The van der Waals surface area contributed by atoms with Crippen molar-refractivity contribution in [3.8, 4) is 0 Å². The SMILES string of the molecule is CCCCOCCn1cccc1C(=O)O. The molecule has 0 unspecified atom stereocenters. The van der Waals surface area contributed by atoms with Gasteiger partial charge < -0.3 is 14.4 Å². The van der Waals surface area contributed by atoms with Gasteiger partial charge in [-0.15, -0.1) is 0 Å². The van der Waals surface area contributed by atoms with Gasteiger partial charge in [0.1, 0.15) is 5.69 Å². The zero-order valence-electron chi connectivity index (χ0n) is 8.98. The lowest BCUT2D eigenvalue weighted by atomic mass is 10.4. The molecule has 0 radical (unpaired) electrons. The Kier molecular flexibility index (Phi) is 4.90. The van der Waals surface area contributed by atoms with Crippen molar-refractivity contribution in [2.24, 2.45) is 0 Å². The van der Waals surface area contributed by atoms with Crippen LogP contribution < -0.4 is 0 Å². The molecule has 0 amide bonds. The van der Waals surface area contributed by atoms with Crippen molar-refractivity contribution in [3.63, 3.8) is 0 Å². The van der Waals surface area contributed by atoms with E-state index in [0.717, 1.165) is 19.4 Å². The van der Waals surface area contributed by atoms with Gasteiger partial charge >= 0.3 is 5.97 Å². The van der Waals surface area contributed by atoms with E-state index < -0.39 is 5.97 Å². The Morgan fingerprint density at radius 1 is 1.53 bits per heavy atom. The molecular formula is C11H17NO3. The van der Waals surface area contributed by atoms with Crippen LogP contribution in [0.5, 0.6) is 0 Å². The summed E-state index contributed by atoms with van der Waals surface area (Å²) in [4.78, 5) is 10.8. The van der Waals surface area contributed by atoms with E-state index in [1.165, 1.54) is 0 Å².